The van der Waals surface area contributed by atoms with Gasteiger partial charge in [-0.2, -0.15) is 0 Å². The fourth-order valence-electron chi connectivity index (χ4n) is 4.44. The number of allylic oxidation sites excluding steroid dienone is 3. The fraction of sp³-hybridized carbons (Fsp3) is 0.577. The van der Waals surface area contributed by atoms with Crippen LogP contribution in [-0.4, -0.2) is 36.4 Å². The number of ether oxygens (including phenoxy) is 4. The van der Waals surface area contributed by atoms with E-state index in [1.54, 1.807) is 6.08 Å². The fourth-order valence-corrected chi connectivity index (χ4v) is 4.44. The zero-order valence-electron chi connectivity index (χ0n) is 20.5. The highest BCUT2D eigenvalue weighted by atomic mass is 16.7. The van der Waals surface area contributed by atoms with E-state index in [1.807, 2.05) is 13.8 Å². The van der Waals surface area contributed by atoms with Crippen molar-refractivity contribution in [3.05, 3.63) is 47.3 Å². The Bertz CT molecular complexity index is 860. The number of carbonyl (C=O) groups is 3. The number of esters is 3. The van der Waals surface area contributed by atoms with Gasteiger partial charge in [-0.25, -0.2) is 0 Å². The lowest BCUT2D eigenvalue weighted by Crippen LogP contribution is -2.44. The normalized spacial score (nSPS) is 24.7. The van der Waals surface area contributed by atoms with E-state index in [9.17, 15) is 14.4 Å². The maximum Gasteiger partial charge on any atom is 0.305 e. The number of carbonyl (C=O) groups excluding carboxylic acids is 3. The minimum absolute atomic E-state index is 0.190. The third-order valence-electron chi connectivity index (χ3n) is 5.77. The zero-order chi connectivity index (χ0) is 24.7. The molecule has 1 aliphatic heterocycles. The van der Waals surface area contributed by atoms with Crippen molar-refractivity contribution in [2.45, 2.75) is 85.7 Å². The molecule has 0 bridgehead atoms. The van der Waals surface area contributed by atoms with Crippen LogP contribution in [0.15, 0.2) is 47.3 Å². The van der Waals surface area contributed by atoms with Gasteiger partial charge in [0.2, 0.25) is 6.29 Å². The lowest BCUT2D eigenvalue weighted by molar-refractivity contribution is -0.182. The van der Waals surface area contributed by atoms with Crippen molar-refractivity contribution in [1.29, 1.82) is 0 Å². The van der Waals surface area contributed by atoms with Crippen molar-refractivity contribution in [3.63, 3.8) is 0 Å². The van der Waals surface area contributed by atoms with Gasteiger partial charge in [0.25, 0.3) is 0 Å². The van der Waals surface area contributed by atoms with Gasteiger partial charge >= 0.3 is 17.9 Å². The first-order chi connectivity index (χ1) is 15.5. The molecule has 182 valence electrons. The topological polar surface area (TPSA) is 88.1 Å². The average molecular weight is 461 g/mol. The Morgan fingerprint density at radius 2 is 1.73 bits per heavy atom. The first kappa shape index (κ1) is 26.4. The minimum atomic E-state index is -0.884. The van der Waals surface area contributed by atoms with E-state index in [2.05, 4.69) is 19.6 Å². The Hall–Kier alpha value is -2.83. The molecule has 1 heterocycles. The van der Waals surface area contributed by atoms with Crippen LogP contribution < -0.4 is 0 Å². The lowest BCUT2D eigenvalue weighted by atomic mass is 9.74. The highest BCUT2D eigenvalue weighted by molar-refractivity contribution is 5.68. The summed E-state index contributed by atoms with van der Waals surface area (Å²) in [6.45, 7) is 14.1. The molecule has 0 amide bonds. The summed E-state index contributed by atoms with van der Waals surface area (Å²) in [6.07, 6.45) is 6.00. The Balaban J connectivity index is 2.60. The second-order valence-electron chi connectivity index (χ2n) is 9.00. The SMILES string of the molecule is C=C1CCC=C(C)CC[C@@H]2C([C@@H](OC(C)=O)[C@H](C=C(C)C)OC(C)=O)=CO[C@H](OC(C)=O)[C@@H]12. The molecule has 0 unspecified atom stereocenters. The molecule has 0 saturated heterocycles. The van der Waals surface area contributed by atoms with E-state index in [4.69, 9.17) is 18.9 Å². The van der Waals surface area contributed by atoms with Gasteiger partial charge in [0.15, 0.2) is 12.2 Å². The molecular weight excluding hydrogens is 424 g/mol. The molecule has 0 aromatic heterocycles. The van der Waals surface area contributed by atoms with Crippen LogP contribution in [0.4, 0.5) is 0 Å². The Morgan fingerprint density at radius 3 is 2.30 bits per heavy atom. The largest absolute Gasteiger partial charge is 0.462 e. The van der Waals surface area contributed by atoms with Gasteiger partial charge < -0.3 is 18.9 Å². The molecule has 2 rings (SSSR count). The van der Waals surface area contributed by atoms with Crippen LogP contribution in [0.5, 0.6) is 0 Å². The van der Waals surface area contributed by atoms with Gasteiger partial charge in [0, 0.05) is 32.3 Å². The van der Waals surface area contributed by atoms with E-state index in [-0.39, 0.29) is 11.8 Å². The third kappa shape index (κ3) is 7.62. The Morgan fingerprint density at radius 1 is 1.06 bits per heavy atom. The summed E-state index contributed by atoms with van der Waals surface area (Å²) in [5.74, 6) is -1.95. The third-order valence-corrected chi connectivity index (χ3v) is 5.77. The van der Waals surface area contributed by atoms with E-state index in [0.717, 1.165) is 24.0 Å². The molecule has 7 heteroatoms. The minimum Gasteiger partial charge on any atom is -0.462 e. The second-order valence-corrected chi connectivity index (χ2v) is 9.00. The average Bonchev–Trinajstić information content (AvgIpc) is 2.75. The van der Waals surface area contributed by atoms with Crippen LogP contribution in [-0.2, 0) is 33.3 Å². The summed E-state index contributed by atoms with van der Waals surface area (Å²) in [5.41, 5.74) is 3.74. The Kier molecular flexibility index (Phi) is 9.50. The predicted molar refractivity (Wildman–Crippen MR) is 124 cm³/mol. The van der Waals surface area contributed by atoms with Gasteiger partial charge in [-0.05, 0) is 52.5 Å². The van der Waals surface area contributed by atoms with Gasteiger partial charge in [0.05, 0.1) is 12.2 Å². The first-order valence-corrected chi connectivity index (χ1v) is 11.3. The monoisotopic (exact) mass is 460 g/mol. The van der Waals surface area contributed by atoms with E-state index in [0.29, 0.717) is 18.4 Å². The van der Waals surface area contributed by atoms with Gasteiger partial charge in [-0.3, -0.25) is 14.4 Å². The molecule has 1 aliphatic carbocycles. The van der Waals surface area contributed by atoms with Crippen LogP contribution in [0.3, 0.4) is 0 Å². The highest BCUT2D eigenvalue weighted by Crippen LogP contribution is 2.44. The molecule has 0 aromatic carbocycles. The maximum atomic E-state index is 12.1. The van der Waals surface area contributed by atoms with Gasteiger partial charge in [-0.15, -0.1) is 0 Å². The molecule has 5 atom stereocenters. The molecule has 7 nitrogen and oxygen atoms in total. The first-order valence-electron chi connectivity index (χ1n) is 11.3. The number of hydrogen-bond donors (Lipinski definition) is 0. The molecule has 0 radical (unpaired) electrons. The number of fused-ring (bicyclic) bond motifs is 1. The predicted octanol–water partition coefficient (Wildman–Crippen LogP) is 4.93. The van der Waals surface area contributed by atoms with Gasteiger partial charge in [0.1, 0.15) is 0 Å². The Labute approximate surface area is 196 Å². The van der Waals surface area contributed by atoms with E-state index in [1.165, 1.54) is 32.6 Å². The molecule has 0 saturated carbocycles. The molecule has 2 aliphatic rings. The molecule has 0 fully saturated rings. The molecule has 0 spiro atoms. The van der Waals surface area contributed by atoms with Gasteiger partial charge in [-0.1, -0.05) is 29.4 Å². The summed E-state index contributed by atoms with van der Waals surface area (Å²) in [5, 5.41) is 0. The summed E-state index contributed by atoms with van der Waals surface area (Å²) >= 11 is 0. The summed E-state index contributed by atoms with van der Waals surface area (Å²) in [4.78, 5) is 35.8. The van der Waals surface area contributed by atoms with Crippen molar-refractivity contribution in [2.24, 2.45) is 11.8 Å². The molecule has 0 N–H and O–H groups in total. The van der Waals surface area contributed by atoms with Crippen LogP contribution in [0.25, 0.3) is 0 Å². The molecular formula is C26H36O7. The van der Waals surface area contributed by atoms with Crippen molar-refractivity contribution in [2.75, 3.05) is 0 Å². The molecule has 33 heavy (non-hydrogen) atoms. The number of hydrogen-bond acceptors (Lipinski definition) is 7. The van der Waals surface area contributed by atoms with Crippen molar-refractivity contribution in [3.8, 4) is 0 Å². The van der Waals surface area contributed by atoms with Crippen LogP contribution >= 0.6 is 0 Å². The lowest BCUT2D eigenvalue weighted by Gasteiger charge is -2.41. The number of rotatable bonds is 6. The quantitative estimate of drug-likeness (QED) is 0.315. The van der Waals surface area contributed by atoms with Crippen LogP contribution in [0.1, 0.15) is 67.2 Å². The van der Waals surface area contributed by atoms with Crippen molar-refractivity contribution < 1.29 is 33.3 Å². The second kappa shape index (κ2) is 11.9. The zero-order valence-corrected chi connectivity index (χ0v) is 20.5. The van der Waals surface area contributed by atoms with Crippen molar-refractivity contribution in [1.82, 2.24) is 0 Å². The van der Waals surface area contributed by atoms with Crippen LogP contribution in [0, 0.1) is 11.8 Å². The summed E-state index contributed by atoms with van der Waals surface area (Å²) in [7, 11) is 0. The van der Waals surface area contributed by atoms with E-state index >= 15 is 0 Å². The summed E-state index contributed by atoms with van der Waals surface area (Å²) in [6, 6.07) is 0. The standard InChI is InChI=1S/C26H36O7/c1-15(2)13-23(31-18(5)27)25(32-19(6)28)22-14-30-26(33-20(7)29)24-17(4)10-8-9-16(3)11-12-21(22)24/h9,13-14,21,23-26H,4,8,10-12H2,1-3,5-7H3/t21-,23+,24+,25-,26-/m1/s1. The maximum absolute atomic E-state index is 12.1. The smallest absolute Gasteiger partial charge is 0.305 e. The highest BCUT2D eigenvalue weighted by Gasteiger charge is 2.45. The van der Waals surface area contributed by atoms with Crippen molar-refractivity contribution >= 4 is 17.9 Å². The molecule has 0 aromatic rings. The summed E-state index contributed by atoms with van der Waals surface area (Å²) < 4.78 is 22.7. The van der Waals surface area contributed by atoms with Crippen LogP contribution in [0.2, 0.25) is 0 Å². The van der Waals surface area contributed by atoms with E-state index < -0.39 is 36.4 Å².